The van der Waals surface area contributed by atoms with Gasteiger partial charge in [-0.1, -0.05) is 17.7 Å². The van der Waals surface area contributed by atoms with Gasteiger partial charge >= 0.3 is 5.97 Å². The summed E-state index contributed by atoms with van der Waals surface area (Å²) in [6, 6.07) is 8.04. The van der Waals surface area contributed by atoms with Crippen molar-refractivity contribution in [2.75, 3.05) is 20.8 Å². The molecule has 0 bridgehead atoms. The molecule has 0 heterocycles. The molecule has 100 valence electrons. The second-order valence-corrected chi connectivity index (χ2v) is 4.63. The van der Waals surface area contributed by atoms with Crippen LogP contribution in [0.15, 0.2) is 29.2 Å². The smallest absolute Gasteiger partial charge is 0.335 e. The molecule has 0 aliphatic carbocycles. The summed E-state index contributed by atoms with van der Waals surface area (Å²) in [5.41, 5.74) is 1.21. The van der Waals surface area contributed by atoms with Crippen LogP contribution in [0.4, 0.5) is 0 Å². The fraction of sp³-hybridized carbons (Fsp3) is 0.462. The number of benzene rings is 1. The zero-order valence-corrected chi connectivity index (χ0v) is 11.7. The second-order valence-electron chi connectivity index (χ2n) is 3.75. The Hall–Kier alpha value is -1.04. The number of carbonyl (C=O) groups is 1. The molecule has 18 heavy (non-hydrogen) atoms. The first-order valence-corrected chi connectivity index (χ1v) is 6.38. The molecule has 4 nitrogen and oxygen atoms in total. The predicted molar refractivity (Wildman–Crippen MR) is 70.4 cm³/mol. The molecule has 5 heteroatoms. The summed E-state index contributed by atoms with van der Waals surface area (Å²) in [4.78, 5) is 12.3. The molecule has 0 aliphatic rings. The van der Waals surface area contributed by atoms with Crippen molar-refractivity contribution in [3.8, 4) is 0 Å². The van der Waals surface area contributed by atoms with E-state index in [0.717, 1.165) is 4.90 Å². The third kappa shape index (κ3) is 5.08. The Labute approximate surface area is 112 Å². The van der Waals surface area contributed by atoms with Gasteiger partial charge in [-0.15, -0.1) is 0 Å². The highest BCUT2D eigenvalue weighted by Crippen LogP contribution is 2.19. The number of ether oxygens (including phenoxy) is 2. The first-order chi connectivity index (χ1) is 8.67. The molecule has 0 aromatic heterocycles. The lowest BCUT2D eigenvalue weighted by molar-refractivity contribution is -0.152. The first-order valence-electron chi connectivity index (χ1n) is 5.64. The van der Waals surface area contributed by atoms with Crippen LogP contribution in [0.5, 0.6) is 0 Å². The molecule has 1 aromatic rings. The van der Waals surface area contributed by atoms with E-state index < -0.39 is 6.10 Å². The lowest BCUT2D eigenvalue weighted by atomic mass is 10.2. The van der Waals surface area contributed by atoms with Gasteiger partial charge in [-0.3, -0.25) is 0 Å². The maximum Gasteiger partial charge on any atom is 0.335 e. The van der Waals surface area contributed by atoms with Crippen LogP contribution in [-0.2, 0) is 18.5 Å². The summed E-state index contributed by atoms with van der Waals surface area (Å²) in [7, 11) is 2.82. The van der Waals surface area contributed by atoms with Crippen molar-refractivity contribution in [1.82, 2.24) is 0 Å². The quantitative estimate of drug-likeness (QED) is 0.433. The highest BCUT2D eigenvalue weighted by Gasteiger charge is 2.17. The number of hydrogen-bond acceptors (Lipinski definition) is 5. The topological polar surface area (TPSA) is 44.8 Å². The van der Waals surface area contributed by atoms with Crippen LogP contribution in [-0.4, -0.2) is 32.9 Å². The highest BCUT2D eigenvalue weighted by atomic mass is 32.2. The monoisotopic (exact) mass is 270 g/mol. The summed E-state index contributed by atoms with van der Waals surface area (Å²) in [6.45, 7) is 2.46. The Morgan fingerprint density at radius 1 is 1.28 bits per heavy atom. The average Bonchev–Trinajstić information content (AvgIpc) is 2.40. The first kappa shape index (κ1) is 15.0. The molecule has 1 unspecified atom stereocenters. The van der Waals surface area contributed by atoms with Crippen LogP contribution in [0.2, 0.25) is 0 Å². The van der Waals surface area contributed by atoms with Crippen LogP contribution >= 0.6 is 12.0 Å². The molecule has 0 aliphatic heterocycles. The van der Waals surface area contributed by atoms with Gasteiger partial charge in [0, 0.05) is 30.5 Å². The maximum atomic E-state index is 11.2. The largest absolute Gasteiger partial charge is 0.467 e. The lowest BCUT2D eigenvalue weighted by Crippen LogP contribution is -2.25. The van der Waals surface area contributed by atoms with Crippen LogP contribution in [0.25, 0.3) is 0 Å². The highest BCUT2D eigenvalue weighted by molar-refractivity contribution is 7.94. The molecule has 0 radical (unpaired) electrons. The number of aryl methyl sites for hydroxylation is 1. The Morgan fingerprint density at radius 2 is 1.94 bits per heavy atom. The van der Waals surface area contributed by atoms with E-state index in [0.29, 0.717) is 13.0 Å². The van der Waals surface area contributed by atoms with Crippen LogP contribution in [0, 0.1) is 6.92 Å². The molecule has 0 spiro atoms. The fourth-order valence-electron chi connectivity index (χ4n) is 1.32. The standard InChI is InChI=1S/C13H18O4S/c1-10-4-6-11(7-5-10)18-17-9-8-12(15-2)13(14)16-3/h4-7,12H,8-9H2,1-3H3. The van der Waals surface area contributed by atoms with E-state index in [9.17, 15) is 4.79 Å². The summed E-state index contributed by atoms with van der Waals surface area (Å²) < 4.78 is 15.0. The molecule has 0 N–H and O–H groups in total. The van der Waals surface area contributed by atoms with Crippen molar-refractivity contribution in [3.63, 3.8) is 0 Å². The van der Waals surface area contributed by atoms with Crippen molar-refractivity contribution in [3.05, 3.63) is 29.8 Å². The SMILES string of the molecule is COC(=O)C(CCOSc1ccc(C)cc1)OC. The van der Waals surface area contributed by atoms with E-state index in [4.69, 9.17) is 8.92 Å². The lowest BCUT2D eigenvalue weighted by Gasteiger charge is -2.12. The van der Waals surface area contributed by atoms with E-state index in [1.54, 1.807) is 0 Å². The van der Waals surface area contributed by atoms with Gasteiger partial charge in [0.15, 0.2) is 6.10 Å². The molecule has 0 saturated heterocycles. The summed E-state index contributed by atoms with van der Waals surface area (Å²) in [5, 5.41) is 0. The minimum absolute atomic E-state index is 0.374. The second kappa shape index (κ2) is 8.13. The third-order valence-corrected chi connectivity index (χ3v) is 3.14. The molecule has 1 rings (SSSR count). The van der Waals surface area contributed by atoms with E-state index in [-0.39, 0.29) is 5.97 Å². The van der Waals surface area contributed by atoms with Gasteiger partial charge in [-0.2, -0.15) is 0 Å². The molecular weight excluding hydrogens is 252 g/mol. The van der Waals surface area contributed by atoms with E-state index in [2.05, 4.69) is 4.74 Å². The summed E-state index contributed by atoms with van der Waals surface area (Å²) in [5.74, 6) is -0.374. The average molecular weight is 270 g/mol. The van der Waals surface area contributed by atoms with Gasteiger partial charge in [0.2, 0.25) is 0 Å². The van der Waals surface area contributed by atoms with Crippen LogP contribution in [0.1, 0.15) is 12.0 Å². The van der Waals surface area contributed by atoms with E-state index in [1.807, 2.05) is 31.2 Å². The summed E-state index contributed by atoms with van der Waals surface area (Å²) in [6.07, 6.45) is -0.0872. The van der Waals surface area contributed by atoms with Crippen molar-refractivity contribution in [2.45, 2.75) is 24.3 Å². The summed E-state index contributed by atoms with van der Waals surface area (Å²) >= 11 is 1.29. The van der Waals surface area contributed by atoms with Gasteiger partial charge in [0.1, 0.15) is 0 Å². The van der Waals surface area contributed by atoms with Crippen molar-refractivity contribution >= 4 is 18.0 Å². The molecule has 1 atom stereocenters. The molecule has 0 saturated carbocycles. The Bertz CT molecular complexity index is 364. The zero-order chi connectivity index (χ0) is 13.4. The van der Waals surface area contributed by atoms with Gasteiger partial charge < -0.3 is 13.7 Å². The minimum atomic E-state index is -0.561. The normalized spacial score (nSPS) is 12.2. The Morgan fingerprint density at radius 3 is 2.50 bits per heavy atom. The number of esters is 1. The van der Waals surface area contributed by atoms with Crippen LogP contribution < -0.4 is 0 Å². The maximum absolute atomic E-state index is 11.2. The fourth-order valence-corrected chi connectivity index (χ4v) is 1.88. The molecule has 0 amide bonds. The Kier molecular flexibility index (Phi) is 6.78. The van der Waals surface area contributed by atoms with Crippen molar-refractivity contribution in [1.29, 1.82) is 0 Å². The molecular formula is C13H18O4S. The Balaban J connectivity index is 2.25. The number of carbonyl (C=O) groups excluding carboxylic acids is 1. The van der Waals surface area contributed by atoms with Crippen LogP contribution in [0.3, 0.4) is 0 Å². The van der Waals surface area contributed by atoms with Crippen molar-refractivity contribution < 1.29 is 18.5 Å². The van der Waals surface area contributed by atoms with E-state index >= 15 is 0 Å². The van der Waals surface area contributed by atoms with Gasteiger partial charge in [-0.05, 0) is 19.1 Å². The molecule has 0 fully saturated rings. The van der Waals surface area contributed by atoms with Gasteiger partial charge in [-0.25, -0.2) is 4.79 Å². The number of hydrogen-bond donors (Lipinski definition) is 0. The van der Waals surface area contributed by atoms with Gasteiger partial charge in [0.05, 0.1) is 13.7 Å². The number of methoxy groups -OCH3 is 2. The predicted octanol–water partition coefficient (Wildman–Crippen LogP) is 2.60. The van der Waals surface area contributed by atoms with Crippen molar-refractivity contribution in [2.24, 2.45) is 0 Å². The number of rotatable bonds is 7. The minimum Gasteiger partial charge on any atom is -0.467 e. The zero-order valence-electron chi connectivity index (χ0n) is 10.8. The van der Waals surface area contributed by atoms with Gasteiger partial charge in [0.25, 0.3) is 0 Å². The van der Waals surface area contributed by atoms with E-state index in [1.165, 1.54) is 31.8 Å². The third-order valence-electron chi connectivity index (χ3n) is 2.39. The molecule has 1 aromatic carbocycles.